The van der Waals surface area contributed by atoms with Crippen molar-refractivity contribution >= 4 is 21.8 Å². The fourth-order valence-corrected chi connectivity index (χ4v) is 4.47. The van der Waals surface area contributed by atoms with Gasteiger partial charge in [0.05, 0.1) is 4.90 Å². The molecule has 2 amide bonds. The van der Waals surface area contributed by atoms with E-state index in [-0.39, 0.29) is 16.7 Å². The molecule has 156 valence electrons. The molecule has 1 aliphatic heterocycles. The van der Waals surface area contributed by atoms with Crippen LogP contribution in [0.15, 0.2) is 23.1 Å². The summed E-state index contributed by atoms with van der Waals surface area (Å²) in [5.41, 5.74) is 0.370. The third kappa shape index (κ3) is 5.30. The molecular formula is C19H29N3O5S. The van der Waals surface area contributed by atoms with E-state index in [0.29, 0.717) is 37.3 Å². The Balaban J connectivity index is 2.20. The molecule has 0 spiro atoms. The molecule has 1 heterocycles. The number of nitrogens with one attached hydrogen (secondary N) is 1. The molecule has 0 aliphatic carbocycles. The highest BCUT2D eigenvalue weighted by atomic mass is 32.2. The second-order valence-electron chi connectivity index (χ2n) is 8.13. The summed E-state index contributed by atoms with van der Waals surface area (Å²) in [5, 5.41) is 9.42. The molecule has 0 saturated carbocycles. The van der Waals surface area contributed by atoms with E-state index < -0.39 is 21.7 Å². The highest BCUT2D eigenvalue weighted by Crippen LogP contribution is 2.20. The molecule has 28 heavy (non-hydrogen) atoms. The number of amides is 2. The number of rotatable bonds is 4. The summed E-state index contributed by atoms with van der Waals surface area (Å²) in [6.45, 7) is 9.74. The Hall–Kier alpha value is -1.97. The number of benzene rings is 1. The molecule has 1 aromatic rings. The van der Waals surface area contributed by atoms with E-state index in [9.17, 15) is 23.1 Å². The molecule has 1 fully saturated rings. The van der Waals surface area contributed by atoms with Crippen LogP contribution in [0.1, 0.15) is 43.6 Å². The first-order chi connectivity index (χ1) is 12.8. The van der Waals surface area contributed by atoms with Gasteiger partial charge in [-0.1, -0.05) is 6.07 Å². The number of carbonyl (C=O) groups is 2. The van der Waals surface area contributed by atoms with Gasteiger partial charge in [0.1, 0.15) is 6.10 Å². The monoisotopic (exact) mass is 411 g/mol. The van der Waals surface area contributed by atoms with Gasteiger partial charge >= 0.3 is 0 Å². The average molecular weight is 412 g/mol. The van der Waals surface area contributed by atoms with Crippen molar-refractivity contribution in [2.45, 2.75) is 51.2 Å². The van der Waals surface area contributed by atoms with E-state index in [1.54, 1.807) is 38.7 Å². The van der Waals surface area contributed by atoms with Crippen LogP contribution in [0.5, 0.6) is 0 Å². The predicted octanol–water partition coefficient (Wildman–Crippen LogP) is 0.737. The maximum atomic E-state index is 13.0. The van der Waals surface area contributed by atoms with Gasteiger partial charge in [-0.15, -0.1) is 0 Å². The number of piperazine rings is 1. The summed E-state index contributed by atoms with van der Waals surface area (Å²) in [6, 6.07) is 4.51. The minimum Gasteiger partial charge on any atom is -0.384 e. The molecule has 2 N–H and O–H groups in total. The lowest BCUT2D eigenvalue weighted by Crippen LogP contribution is -2.52. The lowest BCUT2D eigenvalue weighted by molar-refractivity contribution is -0.140. The minimum absolute atomic E-state index is 0.0410. The minimum atomic E-state index is -3.75. The van der Waals surface area contributed by atoms with Crippen molar-refractivity contribution in [3.05, 3.63) is 29.3 Å². The summed E-state index contributed by atoms with van der Waals surface area (Å²) in [4.78, 5) is 28.0. The van der Waals surface area contributed by atoms with Gasteiger partial charge in [0.25, 0.3) is 11.8 Å². The average Bonchev–Trinajstić information content (AvgIpc) is 2.58. The second kappa shape index (κ2) is 8.18. The van der Waals surface area contributed by atoms with Crippen LogP contribution in [0, 0.1) is 6.92 Å². The predicted molar refractivity (Wildman–Crippen MR) is 105 cm³/mol. The van der Waals surface area contributed by atoms with E-state index in [0.717, 1.165) is 0 Å². The largest absolute Gasteiger partial charge is 0.384 e. The third-order valence-electron chi connectivity index (χ3n) is 4.43. The van der Waals surface area contributed by atoms with Crippen LogP contribution in [-0.4, -0.2) is 73.0 Å². The van der Waals surface area contributed by atoms with Crippen LogP contribution in [0.3, 0.4) is 0 Å². The van der Waals surface area contributed by atoms with Gasteiger partial charge in [0, 0.05) is 37.3 Å². The van der Waals surface area contributed by atoms with Crippen LogP contribution in [0.2, 0.25) is 0 Å². The lowest BCUT2D eigenvalue weighted by atomic mass is 10.1. The Kier molecular flexibility index (Phi) is 6.52. The zero-order valence-electron chi connectivity index (χ0n) is 17.0. The first kappa shape index (κ1) is 22.3. The number of nitrogens with zero attached hydrogens (tertiary/aromatic N) is 2. The van der Waals surface area contributed by atoms with Gasteiger partial charge in [0.15, 0.2) is 0 Å². The lowest BCUT2D eigenvalue weighted by Gasteiger charge is -2.35. The van der Waals surface area contributed by atoms with Crippen molar-refractivity contribution in [2.75, 3.05) is 26.2 Å². The molecule has 0 unspecified atom stereocenters. The number of aliphatic hydroxyl groups excluding tert-OH is 1. The highest BCUT2D eigenvalue weighted by molar-refractivity contribution is 7.89. The van der Waals surface area contributed by atoms with Crippen molar-refractivity contribution < 1.29 is 23.1 Å². The van der Waals surface area contributed by atoms with Gasteiger partial charge in [0.2, 0.25) is 10.0 Å². The number of hydrogen-bond acceptors (Lipinski definition) is 5. The number of aliphatic hydroxyl groups is 1. The van der Waals surface area contributed by atoms with Crippen LogP contribution < -0.4 is 4.72 Å². The number of hydrogen-bond donors (Lipinski definition) is 2. The molecule has 9 heteroatoms. The Morgan fingerprint density at radius 3 is 2.14 bits per heavy atom. The first-order valence-corrected chi connectivity index (χ1v) is 10.7. The van der Waals surface area contributed by atoms with E-state index in [1.807, 2.05) is 0 Å². The molecule has 1 atom stereocenters. The topological polar surface area (TPSA) is 107 Å². The molecular weight excluding hydrogens is 382 g/mol. The van der Waals surface area contributed by atoms with Crippen LogP contribution >= 0.6 is 0 Å². The Labute approximate surface area is 166 Å². The Morgan fingerprint density at radius 2 is 1.64 bits per heavy atom. The summed E-state index contributed by atoms with van der Waals surface area (Å²) >= 11 is 0. The maximum absolute atomic E-state index is 13.0. The molecule has 0 bridgehead atoms. The van der Waals surface area contributed by atoms with Gasteiger partial charge in [-0.25, -0.2) is 13.1 Å². The SMILES string of the molecule is Cc1ccc(S(=O)(=O)NC(C)(C)C)cc1C(=O)N1CCN(C(=O)[C@H](C)O)CC1. The highest BCUT2D eigenvalue weighted by Gasteiger charge is 2.28. The zero-order valence-corrected chi connectivity index (χ0v) is 17.8. The first-order valence-electron chi connectivity index (χ1n) is 9.22. The summed E-state index contributed by atoms with van der Waals surface area (Å²) < 4.78 is 27.8. The fourth-order valence-electron chi connectivity index (χ4n) is 3.03. The number of sulfonamides is 1. The molecule has 0 radical (unpaired) electrons. The second-order valence-corrected chi connectivity index (χ2v) is 9.81. The Morgan fingerprint density at radius 1 is 1.11 bits per heavy atom. The van der Waals surface area contributed by atoms with Crippen molar-refractivity contribution in [3.8, 4) is 0 Å². The van der Waals surface area contributed by atoms with E-state index in [2.05, 4.69) is 4.72 Å². The van der Waals surface area contributed by atoms with Gasteiger partial charge in [-0.2, -0.15) is 0 Å². The molecule has 1 aromatic carbocycles. The number of aryl methyl sites for hydroxylation is 1. The molecule has 1 saturated heterocycles. The molecule has 0 aromatic heterocycles. The smallest absolute Gasteiger partial charge is 0.254 e. The van der Waals surface area contributed by atoms with Gasteiger partial charge < -0.3 is 14.9 Å². The Bertz CT molecular complexity index is 851. The van der Waals surface area contributed by atoms with E-state index in [1.165, 1.54) is 24.0 Å². The van der Waals surface area contributed by atoms with Crippen molar-refractivity contribution in [1.82, 2.24) is 14.5 Å². The molecule has 1 aliphatic rings. The normalized spacial score (nSPS) is 16.8. The fraction of sp³-hybridized carbons (Fsp3) is 0.579. The number of carbonyl (C=O) groups excluding carboxylic acids is 2. The summed E-state index contributed by atoms with van der Waals surface area (Å²) in [7, 11) is -3.75. The molecule has 8 nitrogen and oxygen atoms in total. The third-order valence-corrected chi connectivity index (χ3v) is 6.18. The van der Waals surface area contributed by atoms with Crippen molar-refractivity contribution in [3.63, 3.8) is 0 Å². The van der Waals surface area contributed by atoms with Gasteiger partial charge in [-0.05, 0) is 52.3 Å². The summed E-state index contributed by atoms with van der Waals surface area (Å²) in [6.07, 6.45) is -1.07. The van der Waals surface area contributed by atoms with Crippen molar-refractivity contribution in [2.24, 2.45) is 0 Å². The van der Waals surface area contributed by atoms with Crippen LogP contribution in [0.4, 0.5) is 0 Å². The van der Waals surface area contributed by atoms with E-state index >= 15 is 0 Å². The van der Waals surface area contributed by atoms with Gasteiger partial charge in [-0.3, -0.25) is 9.59 Å². The standard InChI is InChI=1S/C19H29N3O5S/c1-13-6-7-15(28(26,27)20-19(3,4)5)12-16(13)18(25)22-10-8-21(9-11-22)17(24)14(2)23/h6-7,12,14,20,23H,8-11H2,1-5H3/t14-/m0/s1. The van der Waals surface area contributed by atoms with Crippen LogP contribution in [-0.2, 0) is 14.8 Å². The quantitative estimate of drug-likeness (QED) is 0.760. The molecule has 2 rings (SSSR count). The maximum Gasteiger partial charge on any atom is 0.254 e. The van der Waals surface area contributed by atoms with Crippen molar-refractivity contribution in [1.29, 1.82) is 0 Å². The van der Waals surface area contributed by atoms with E-state index in [4.69, 9.17) is 0 Å². The van der Waals surface area contributed by atoms with Crippen LogP contribution in [0.25, 0.3) is 0 Å². The summed E-state index contributed by atoms with van der Waals surface area (Å²) in [5.74, 6) is -0.626. The zero-order chi connectivity index (χ0) is 21.3.